The SMILES string of the molecule is Cc1nn(C)c(C)c1-c1c(Cl)ccc2c(CCCOc3cccc4cc(F)ccc34)c(C(=O)O)n(CCN3CCN(C(=O)Cn4c(C)nc5c(C(=O)NC6CCC(=O)NC6=O)cccc54)CC3)c12.O=C(O)C(F)(F)F. The number of aromatic carboxylic acids is 1. The molecule has 5 heterocycles. The van der Waals surface area contributed by atoms with Crippen LogP contribution in [0, 0.1) is 26.6 Å². The van der Waals surface area contributed by atoms with E-state index in [0.717, 1.165) is 44.2 Å². The number of amides is 4. The van der Waals surface area contributed by atoms with Crippen molar-refractivity contribution in [2.24, 2.45) is 7.05 Å². The molecule has 4 aromatic carbocycles. The Bertz CT molecular complexity index is 3410. The number of carboxylic acid groups (broad SMARTS) is 2. The van der Waals surface area contributed by atoms with Gasteiger partial charge in [0.25, 0.3) is 5.91 Å². The van der Waals surface area contributed by atoms with E-state index in [1.54, 1.807) is 45.3 Å². The molecule has 2 fully saturated rings. The highest BCUT2D eigenvalue weighted by Crippen LogP contribution is 2.42. The lowest BCUT2D eigenvalue weighted by Crippen LogP contribution is -2.52. The number of aliphatic carboxylic acids is 1. The average molecular weight is 1060 g/mol. The van der Waals surface area contributed by atoms with Crippen LogP contribution in [0.25, 0.3) is 43.8 Å². The zero-order chi connectivity index (χ0) is 54.0. The molecule has 0 spiro atoms. The van der Waals surface area contributed by atoms with Crippen LogP contribution in [0.3, 0.4) is 0 Å². The summed E-state index contributed by atoms with van der Waals surface area (Å²) in [5.41, 5.74) is 6.06. The lowest BCUT2D eigenvalue weighted by atomic mass is 9.98. The van der Waals surface area contributed by atoms with Crippen LogP contribution in [0.15, 0.2) is 66.7 Å². The Morgan fingerprint density at radius 2 is 1.61 bits per heavy atom. The minimum absolute atomic E-state index is 0.00429. The molecule has 75 heavy (non-hydrogen) atoms. The molecule has 4 N–H and O–H groups in total. The summed E-state index contributed by atoms with van der Waals surface area (Å²) in [5.74, 6) is -4.51. The van der Waals surface area contributed by atoms with E-state index in [1.807, 2.05) is 55.8 Å². The number of alkyl halides is 3. The number of imide groups is 1. The van der Waals surface area contributed by atoms with Gasteiger partial charge >= 0.3 is 18.1 Å². The number of imidazole rings is 1. The highest BCUT2D eigenvalue weighted by Gasteiger charge is 2.38. The fraction of sp³-hybridized carbons (Fsp3) is 0.346. The second kappa shape index (κ2) is 21.9. The summed E-state index contributed by atoms with van der Waals surface area (Å²) >= 11 is 7.07. The van der Waals surface area contributed by atoms with E-state index in [4.69, 9.17) is 26.2 Å². The van der Waals surface area contributed by atoms with E-state index < -0.39 is 36.0 Å². The summed E-state index contributed by atoms with van der Waals surface area (Å²) in [6.45, 7) is 8.81. The van der Waals surface area contributed by atoms with Crippen LogP contribution in [0.5, 0.6) is 5.75 Å². The van der Waals surface area contributed by atoms with Gasteiger partial charge in [-0.2, -0.15) is 18.3 Å². The predicted molar refractivity (Wildman–Crippen MR) is 268 cm³/mol. The van der Waals surface area contributed by atoms with E-state index in [0.29, 0.717) is 91.9 Å². The number of piperazine rings is 1. The number of ether oxygens (including phenoxy) is 1. The summed E-state index contributed by atoms with van der Waals surface area (Å²) in [6, 6.07) is 18.0. The second-order valence-electron chi connectivity index (χ2n) is 18.3. The molecule has 0 bridgehead atoms. The highest BCUT2D eigenvalue weighted by atomic mass is 35.5. The Kier molecular flexibility index (Phi) is 15.6. The van der Waals surface area contributed by atoms with Crippen molar-refractivity contribution in [2.45, 2.75) is 71.8 Å². The van der Waals surface area contributed by atoms with Crippen molar-refractivity contribution < 1.29 is 61.3 Å². The van der Waals surface area contributed by atoms with Gasteiger partial charge in [-0.25, -0.2) is 19.0 Å². The number of carboxylic acids is 2. The zero-order valence-electron chi connectivity index (χ0n) is 41.2. The molecule has 4 amide bonds. The van der Waals surface area contributed by atoms with E-state index in [2.05, 4.69) is 25.6 Å². The van der Waals surface area contributed by atoms with Crippen LogP contribution >= 0.6 is 11.6 Å². The monoisotopic (exact) mass is 1060 g/mol. The maximum Gasteiger partial charge on any atom is 0.490 e. The van der Waals surface area contributed by atoms with Crippen molar-refractivity contribution in [2.75, 3.05) is 39.3 Å². The number of piperidine rings is 1. The molecule has 7 aromatic rings. The molecule has 0 saturated carbocycles. The molecular weight excluding hydrogens is 1010 g/mol. The Morgan fingerprint density at radius 3 is 2.28 bits per heavy atom. The minimum Gasteiger partial charge on any atom is -0.493 e. The third kappa shape index (κ3) is 11.3. The molecule has 0 radical (unpaired) electrons. The molecule has 9 rings (SSSR count). The lowest BCUT2D eigenvalue weighted by Gasteiger charge is -2.35. The fourth-order valence-electron chi connectivity index (χ4n) is 9.78. The van der Waals surface area contributed by atoms with Crippen molar-refractivity contribution in [1.29, 1.82) is 0 Å². The first-order valence-corrected chi connectivity index (χ1v) is 24.3. The van der Waals surface area contributed by atoms with Crippen LogP contribution in [0.1, 0.15) is 62.9 Å². The molecule has 2 saturated heterocycles. The Morgan fingerprint density at radius 1 is 0.907 bits per heavy atom. The first-order valence-electron chi connectivity index (χ1n) is 23.9. The molecule has 0 aliphatic carbocycles. The minimum atomic E-state index is -5.08. The molecule has 1 unspecified atom stereocenters. The number of nitrogens with zero attached hydrogens (tertiary/aromatic N) is 7. The van der Waals surface area contributed by atoms with Crippen LogP contribution in [-0.4, -0.2) is 131 Å². The number of fused-ring (bicyclic) bond motifs is 3. The number of benzene rings is 4. The quantitative estimate of drug-likeness (QED) is 0.0492. The second-order valence-corrected chi connectivity index (χ2v) is 18.7. The number of aryl methyl sites for hydroxylation is 4. The number of rotatable bonds is 14. The Labute approximate surface area is 430 Å². The molecule has 3 aromatic heterocycles. The van der Waals surface area contributed by atoms with E-state index in [1.165, 1.54) is 12.1 Å². The maximum absolute atomic E-state index is 14.0. The highest BCUT2D eigenvalue weighted by molar-refractivity contribution is 6.35. The number of hydrogen-bond acceptors (Lipinski definition) is 10. The largest absolute Gasteiger partial charge is 0.493 e. The number of nitrogens with one attached hydrogen (secondary N) is 2. The molecule has 2 aliphatic rings. The normalized spacial score (nSPS) is 15.3. The number of para-hydroxylation sites is 1. The maximum atomic E-state index is 14.0. The molecule has 23 heteroatoms. The van der Waals surface area contributed by atoms with Crippen molar-refractivity contribution in [3.05, 3.63) is 112 Å². The Balaban J connectivity index is 0.000000997. The van der Waals surface area contributed by atoms with Crippen LogP contribution in [-0.2, 0) is 45.7 Å². The van der Waals surface area contributed by atoms with Crippen molar-refractivity contribution in [3.8, 4) is 16.9 Å². The molecule has 394 valence electrons. The predicted octanol–water partition coefficient (Wildman–Crippen LogP) is 6.98. The molecule has 1 atom stereocenters. The standard InChI is InChI=1S/C50H51ClFN9O7.C2HF3O2/c1-28-43(29(2)57(4)56-28)44-37(51)16-15-35-34(10-7-25-68-40-12-5-8-31-26-32(52)13-14-33(31)40)47(50(66)67)60(46(35)44)24-21-58-19-22-59(23-20-58)42(63)27-61-30(3)53-45-36(9-6-11-39(45)61)48(64)54-38-17-18-41(62)55-49(38)65;3-2(4,5)1(6)7/h5-6,8-9,11-16,26,38H,7,10,17-25,27H2,1-4H3,(H,54,64)(H,66,67)(H,55,62,65);(H,6,7). The fourth-order valence-corrected chi connectivity index (χ4v) is 10.0. The van der Waals surface area contributed by atoms with Crippen LogP contribution < -0.4 is 15.4 Å². The van der Waals surface area contributed by atoms with Gasteiger partial charge in [-0.05, 0) is 93.4 Å². The molecule has 18 nitrogen and oxygen atoms in total. The summed E-state index contributed by atoms with van der Waals surface area (Å²) < 4.78 is 57.4. The van der Waals surface area contributed by atoms with Crippen LogP contribution in [0.2, 0.25) is 5.02 Å². The average Bonchev–Trinajstić information content (AvgIpc) is 3.97. The van der Waals surface area contributed by atoms with Crippen molar-refractivity contribution in [3.63, 3.8) is 0 Å². The van der Waals surface area contributed by atoms with Gasteiger partial charge in [0, 0.05) is 80.3 Å². The summed E-state index contributed by atoms with van der Waals surface area (Å²) in [6.07, 6.45) is -3.85. The number of carbonyl (C=O) groups is 6. The van der Waals surface area contributed by atoms with Crippen LogP contribution in [0.4, 0.5) is 17.6 Å². The van der Waals surface area contributed by atoms with Gasteiger partial charge in [-0.1, -0.05) is 35.9 Å². The smallest absolute Gasteiger partial charge is 0.490 e. The Hall–Kier alpha value is -7.85. The first-order chi connectivity index (χ1) is 35.6. The van der Waals surface area contributed by atoms with Gasteiger partial charge < -0.3 is 34.3 Å². The first kappa shape index (κ1) is 53.4. The number of carbonyl (C=O) groups excluding carboxylic acids is 4. The van der Waals surface area contributed by atoms with Crippen molar-refractivity contribution in [1.82, 2.24) is 44.3 Å². The summed E-state index contributed by atoms with van der Waals surface area (Å²) in [4.78, 5) is 82.2. The van der Waals surface area contributed by atoms with E-state index in [-0.39, 0.29) is 48.3 Å². The topological polar surface area (TPSA) is 223 Å². The zero-order valence-corrected chi connectivity index (χ0v) is 41.9. The summed E-state index contributed by atoms with van der Waals surface area (Å²) in [7, 11) is 1.87. The van der Waals surface area contributed by atoms with Crippen molar-refractivity contribution >= 4 is 79.9 Å². The van der Waals surface area contributed by atoms with Gasteiger partial charge in [0.15, 0.2) is 0 Å². The van der Waals surface area contributed by atoms with Gasteiger partial charge in [0.1, 0.15) is 41.2 Å². The van der Waals surface area contributed by atoms with E-state index in [9.17, 15) is 46.6 Å². The number of aromatic nitrogens is 5. The number of halogens is 5. The molecular formula is C52H52ClF4N9O9. The van der Waals surface area contributed by atoms with Gasteiger partial charge in [0.05, 0.1) is 33.9 Å². The van der Waals surface area contributed by atoms with Gasteiger partial charge in [-0.3, -0.25) is 34.1 Å². The van der Waals surface area contributed by atoms with Gasteiger partial charge in [0.2, 0.25) is 17.7 Å². The third-order valence-corrected chi connectivity index (χ3v) is 13.8. The van der Waals surface area contributed by atoms with Gasteiger partial charge in [-0.15, -0.1) is 0 Å². The third-order valence-electron chi connectivity index (χ3n) is 13.5. The number of hydrogen-bond donors (Lipinski definition) is 4. The lowest BCUT2D eigenvalue weighted by molar-refractivity contribution is -0.192. The molecule has 2 aliphatic heterocycles. The van der Waals surface area contributed by atoms with E-state index >= 15 is 0 Å². The summed E-state index contributed by atoms with van der Waals surface area (Å²) in [5, 5.41) is 30.5.